The molecule has 2 aromatic heterocycles. The van der Waals surface area contributed by atoms with E-state index in [-0.39, 0.29) is 5.41 Å². The zero-order valence-corrected chi connectivity index (χ0v) is 50.2. The number of aromatic nitrogens is 3. The average molecular weight is 1050 g/mol. The van der Waals surface area contributed by atoms with Crippen LogP contribution >= 0.6 is 0 Å². The first-order chi connectivity index (χ1) is 38.8. The third kappa shape index (κ3) is 12.0. The summed E-state index contributed by atoms with van der Waals surface area (Å²) >= 11 is 0. The van der Waals surface area contributed by atoms with Crippen molar-refractivity contribution in [3.63, 3.8) is 0 Å². The minimum atomic E-state index is 0.0284. The molecular formula is C76H97N3. The summed E-state index contributed by atoms with van der Waals surface area (Å²) in [7, 11) is 0. The van der Waals surface area contributed by atoms with Crippen molar-refractivity contribution in [3.8, 4) is 33.6 Å². The number of rotatable bonds is 31. The molecule has 1 unspecified atom stereocenters. The molecule has 0 radical (unpaired) electrons. The number of aryl methyl sites for hydroxylation is 3. The smallest absolute Gasteiger partial charge is 0.141 e. The van der Waals surface area contributed by atoms with E-state index >= 15 is 0 Å². The molecule has 0 fully saturated rings. The number of benzene rings is 7. The molecule has 416 valence electrons. The molecule has 1 aliphatic rings. The second-order valence-electron chi connectivity index (χ2n) is 24.7. The SMILES string of the molecule is CCCCCCCCC(CCCCCC)Cn1c(-c2ccc3c(c2)c2ccccc2n3CC)nc2c3cc(C)ccc3c3ccc(-c4ccc5c(c4)C(CCCCCCCC)(CCCCCCCC)c4cc(C)ccc4-5)cc3c21. The van der Waals surface area contributed by atoms with Gasteiger partial charge in [-0.05, 0) is 139 Å². The van der Waals surface area contributed by atoms with Crippen LogP contribution in [0.3, 0.4) is 0 Å². The van der Waals surface area contributed by atoms with E-state index in [9.17, 15) is 0 Å². The maximum atomic E-state index is 5.97. The van der Waals surface area contributed by atoms with Gasteiger partial charge in [0.1, 0.15) is 5.82 Å². The summed E-state index contributed by atoms with van der Waals surface area (Å²) in [6, 6.07) is 46.0. The lowest BCUT2D eigenvalue weighted by molar-refractivity contribution is 0.363. The third-order valence-corrected chi connectivity index (χ3v) is 18.9. The summed E-state index contributed by atoms with van der Waals surface area (Å²) in [6.45, 7) is 18.1. The second kappa shape index (κ2) is 26.7. The summed E-state index contributed by atoms with van der Waals surface area (Å²) < 4.78 is 5.24. The molecule has 3 nitrogen and oxygen atoms in total. The van der Waals surface area contributed by atoms with Crippen molar-refractivity contribution in [1.29, 1.82) is 0 Å². The van der Waals surface area contributed by atoms with Gasteiger partial charge in [0.15, 0.2) is 0 Å². The van der Waals surface area contributed by atoms with Crippen molar-refractivity contribution < 1.29 is 0 Å². The fraction of sp³-hybridized carbons (Fsp3) is 0.487. The highest BCUT2D eigenvalue weighted by molar-refractivity contribution is 6.24. The van der Waals surface area contributed by atoms with Gasteiger partial charge >= 0.3 is 0 Å². The van der Waals surface area contributed by atoms with Gasteiger partial charge in [0.25, 0.3) is 0 Å². The zero-order chi connectivity index (χ0) is 54.7. The van der Waals surface area contributed by atoms with Crippen LogP contribution in [0.1, 0.15) is 224 Å². The minimum Gasteiger partial charge on any atom is -0.341 e. The van der Waals surface area contributed by atoms with E-state index in [0.29, 0.717) is 5.92 Å². The third-order valence-electron chi connectivity index (χ3n) is 18.9. The summed E-state index contributed by atoms with van der Waals surface area (Å²) in [5.41, 5.74) is 17.8. The van der Waals surface area contributed by atoms with Crippen molar-refractivity contribution in [3.05, 3.63) is 138 Å². The quantitative estimate of drug-likeness (QED) is 0.0314. The summed E-state index contributed by atoms with van der Waals surface area (Å²) in [6.07, 6.45) is 34.2. The lowest BCUT2D eigenvalue weighted by atomic mass is 9.70. The monoisotopic (exact) mass is 1050 g/mol. The van der Waals surface area contributed by atoms with Gasteiger partial charge in [0, 0.05) is 56.6 Å². The molecule has 0 N–H and O–H groups in total. The van der Waals surface area contributed by atoms with Crippen LogP contribution in [0.15, 0.2) is 115 Å². The van der Waals surface area contributed by atoms with Crippen LogP contribution in [-0.4, -0.2) is 14.1 Å². The van der Waals surface area contributed by atoms with Crippen molar-refractivity contribution in [2.75, 3.05) is 0 Å². The summed E-state index contributed by atoms with van der Waals surface area (Å²) in [5.74, 6) is 1.69. The van der Waals surface area contributed by atoms with E-state index in [2.05, 4.69) is 173 Å². The van der Waals surface area contributed by atoms with E-state index < -0.39 is 0 Å². The maximum Gasteiger partial charge on any atom is 0.141 e. The van der Waals surface area contributed by atoms with E-state index in [0.717, 1.165) is 24.4 Å². The first kappa shape index (κ1) is 56.6. The number of hydrogen-bond acceptors (Lipinski definition) is 1. The predicted octanol–water partition coefficient (Wildman–Crippen LogP) is 23.5. The normalized spacial score (nSPS) is 13.5. The molecule has 79 heavy (non-hydrogen) atoms. The van der Waals surface area contributed by atoms with Gasteiger partial charge in [-0.15, -0.1) is 0 Å². The summed E-state index contributed by atoms with van der Waals surface area (Å²) in [4.78, 5) is 5.97. The molecule has 0 saturated heterocycles. The molecule has 9 aromatic rings. The van der Waals surface area contributed by atoms with Gasteiger partial charge in [0.2, 0.25) is 0 Å². The van der Waals surface area contributed by atoms with Gasteiger partial charge in [-0.1, -0.05) is 253 Å². The lowest BCUT2D eigenvalue weighted by Crippen LogP contribution is -2.25. The van der Waals surface area contributed by atoms with Crippen molar-refractivity contribution >= 4 is 54.4 Å². The van der Waals surface area contributed by atoms with Crippen LogP contribution in [0.2, 0.25) is 0 Å². The Morgan fingerprint density at radius 3 is 1.59 bits per heavy atom. The zero-order valence-electron chi connectivity index (χ0n) is 50.2. The topological polar surface area (TPSA) is 22.8 Å². The van der Waals surface area contributed by atoms with Crippen LogP contribution in [0, 0.1) is 19.8 Å². The van der Waals surface area contributed by atoms with Gasteiger partial charge in [-0.3, -0.25) is 0 Å². The molecule has 0 saturated carbocycles. The van der Waals surface area contributed by atoms with Gasteiger partial charge in [-0.25, -0.2) is 4.98 Å². The fourth-order valence-electron chi connectivity index (χ4n) is 14.6. The van der Waals surface area contributed by atoms with Gasteiger partial charge in [0.05, 0.1) is 11.0 Å². The Morgan fingerprint density at radius 1 is 0.405 bits per heavy atom. The standard InChI is InChI=1S/C76H97N3/c1-8-13-17-21-24-28-34-57(33-27-20-16-11-4)54-79-74-68-51-58(59-40-45-64-63-43-38-56(7)50-69(63)76(70(64)53-59,47-31-25-22-18-14-9-2)48-32-26-23-19-15-10-3)39-44-62(68)61-42-37-55(6)49-67(61)73(74)77-75(79)60-41-46-72-66(52-60)65-35-29-30-36-71(65)78(72)12-5/h29-30,35-46,49-53,57H,8-28,31-34,47-48,54H2,1-7H3. The van der Waals surface area contributed by atoms with Gasteiger partial charge < -0.3 is 9.13 Å². The molecule has 0 aliphatic heterocycles. The van der Waals surface area contributed by atoms with Crippen LogP contribution in [0.5, 0.6) is 0 Å². The van der Waals surface area contributed by atoms with Crippen molar-refractivity contribution in [1.82, 2.24) is 14.1 Å². The lowest BCUT2D eigenvalue weighted by Gasteiger charge is -2.33. The average Bonchev–Trinajstić information content (AvgIpc) is 4.27. The molecule has 1 aliphatic carbocycles. The van der Waals surface area contributed by atoms with E-state index in [1.165, 1.54) is 255 Å². The highest BCUT2D eigenvalue weighted by atomic mass is 15.1. The van der Waals surface area contributed by atoms with Crippen LogP contribution in [-0.2, 0) is 18.5 Å². The molecule has 0 bridgehead atoms. The Hall–Kier alpha value is -5.67. The van der Waals surface area contributed by atoms with E-state index in [1.807, 2.05) is 0 Å². The molecular weight excluding hydrogens is 955 g/mol. The Bertz CT molecular complexity index is 3450. The Labute approximate surface area is 477 Å². The van der Waals surface area contributed by atoms with Crippen LogP contribution in [0.4, 0.5) is 0 Å². The second-order valence-corrected chi connectivity index (χ2v) is 24.7. The number of nitrogens with zero attached hydrogens (tertiary/aromatic N) is 3. The molecule has 2 heterocycles. The minimum absolute atomic E-state index is 0.0284. The molecule has 10 rings (SSSR count). The summed E-state index contributed by atoms with van der Waals surface area (Å²) in [5, 5.41) is 7.89. The van der Waals surface area contributed by atoms with E-state index in [4.69, 9.17) is 4.98 Å². The highest BCUT2D eigenvalue weighted by Gasteiger charge is 2.42. The van der Waals surface area contributed by atoms with Crippen molar-refractivity contribution in [2.24, 2.45) is 5.92 Å². The molecule has 7 aromatic carbocycles. The molecule has 1 atom stereocenters. The van der Waals surface area contributed by atoms with Crippen LogP contribution in [0.25, 0.3) is 88.0 Å². The largest absolute Gasteiger partial charge is 0.341 e. The van der Waals surface area contributed by atoms with E-state index in [1.54, 1.807) is 11.1 Å². The number of imidazole rings is 1. The fourth-order valence-corrected chi connectivity index (χ4v) is 14.6. The molecule has 3 heteroatoms. The molecule has 0 amide bonds. The predicted molar refractivity (Wildman–Crippen MR) is 346 cm³/mol. The first-order valence-electron chi connectivity index (χ1n) is 32.5. The van der Waals surface area contributed by atoms with Gasteiger partial charge in [-0.2, -0.15) is 0 Å². The molecule has 0 spiro atoms. The number of para-hydroxylation sites is 1. The number of fused-ring (bicyclic) bond motifs is 12. The Kier molecular flexibility index (Phi) is 19.2. The number of unbranched alkanes of at least 4 members (excludes halogenated alkanes) is 18. The highest BCUT2D eigenvalue weighted by Crippen LogP contribution is 2.55. The Balaban J connectivity index is 1.15. The first-order valence-corrected chi connectivity index (χ1v) is 32.5. The van der Waals surface area contributed by atoms with Crippen molar-refractivity contribution in [2.45, 2.75) is 234 Å². The number of hydrogen-bond donors (Lipinski definition) is 0. The maximum absolute atomic E-state index is 5.97. The Morgan fingerprint density at radius 2 is 0.911 bits per heavy atom. The van der Waals surface area contributed by atoms with Crippen LogP contribution < -0.4 is 0 Å².